The number of nitrogens with zero attached hydrogens (tertiary/aromatic N) is 3. The maximum Gasteiger partial charge on any atom is 0.276 e. The summed E-state index contributed by atoms with van der Waals surface area (Å²) in [7, 11) is -3.52. The molecule has 5 rings (SSSR count). The number of hydrogen-bond donors (Lipinski definition) is 0. The van der Waals surface area contributed by atoms with Crippen LogP contribution < -0.4 is 4.74 Å². The monoisotopic (exact) mass is 495 g/mol. The fraction of sp³-hybridized carbons (Fsp3) is 0.280. The summed E-state index contributed by atoms with van der Waals surface area (Å²) in [5.41, 5.74) is 0.588. The zero-order chi connectivity index (χ0) is 23.4. The van der Waals surface area contributed by atoms with E-state index in [-0.39, 0.29) is 4.90 Å². The van der Waals surface area contributed by atoms with Gasteiger partial charge in [0.05, 0.1) is 11.5 Å². The van der Waals surface area contributed by atoms with Crippen LogP contribution in [0.4, 0.5) is 0 Å². The van der Waals surface area contributed by atoms with Crippen LogP contribution in [0.2, 0.25) is 0 Å². The number of rotatable bonds is 8. The first-order valence-electron chi connectivity index (χ1n) is 11.3. The maximum absolute atomic E-state index is 13.0. The van der Waals surface area contributed by atoms with Gasteiger partial charge in [0, 0.05) is 24.4 Å². The zero-order valence-electron chi connectivity index (χ0n) is 18.6. The van der Waals surface area contributed by atoms with Crippen LogP contribution in [0.25, 0.3) is 22.2 Å². The largest absolute Gasteiger partial charge is 0.493 e. The Labute approximate surface area is 203 Å². The highest BCUT2D eigenvalue weighted by Gasteiger charge is 2.26. The molecular weight excluding hydrogens is 470 g/mol. The van der Waals surface area contributed by atoms with E-state index in [4.69, 9.17) is 9.15 Å². The fourth-order valence-corrected chi connectivity index (χ4v) is 6.12. The van der Waals surface area contributed by atoms with Crippen LogP contribution in [0, 0.1) is 0 Å². The predicted octanol–water partition coefficient (Wildman–Crippen LogP) is 5.24. The van der Waals surface area contributed by atoms with Crippen molar-refractivity contribution < 1.29 is 17.6 Å². The van der Waals surface area contributed by atoms with Gasteiger partial charge >= 0.3 is 0 Å². The first-order chi connectivity index (χ1) is 16.6. The molecule has 0 unspecified atom stereocenters. The minimum absolute atomic E-state index is 0.253. The topological polar surface area (TPSA) is 85.5 Å². The molecule has 1 fully saturated rings. The molecule has 0 spiro atoms. The van der Waals surface area contributed by atoms with Crippen LogP contribution in [-0.4, -0.2) is 48.4 Å². The molecule has 0 bridgehead atoms. The van der Waals surface area contributed by atoms with Gasteiger partial charge in [-0.1, -0.05) is 54.6 Å². The van der Waals surface area contributed by atoms with Crippen molar-refractivity contribution >= 4 is 32.6 Å². The third-order valence-electron chi connectivity index (χ3n) is 5.74. The lowest BCUT2D eigenvalue weighted by Crippen LogP contribution is -2.35. The van der Waals surface area contributed by atoms with E-state index in [1.165, 1.54) is 17.1 Å². The first kappa shape index (κ1) is 22.9. The Hall–Kier alpha value is -2.88. The summed E-state index contributed by atoms with van der Waals surface area (Å²) in [6, 6.07) is 20.9. The fourth-order valence-electron chi connectivity index (χ4n) is 3.97. The van der Waals surface area contributed by atoms with E-state index < -0.39 is 10.0 Å². The average Bonchev–Trinajstić information content (AvgIpc) is 3.36. The van der Waals surface area contributed by atoms with Gasteiger partial charge in [-0.25, -0.2) is 8.42 Å². The van der Waals surface area contributed by atoms with Gasteiger partial charge in [0.15, 0.2) is 0 Å². The van der Waals surface area contributed by atoms with Gasteiger partial charge in [-0.05, 0) is 53.9 Å². The van der Waals surface area contributed by atoms with Crippen LogP contribution >= 0.6 is 11.8 Å². The van der Waals surface area contributed by atoms with Crippen molar-refractivity contribution in [3.05, 3.63) is 66.7 Å². The van der Waals surface area contributed by atoms with E-state index in [1.54, 1.807) is 28.6 Å². The second kappa shape index (κ2) is 10.2. The number of fused-ring (bicyclic) bond motifs is 1. The number of ether oxygens (including phenoxy) is 1. The van der Waals surface area contributed by atoms with Crippen LogP contribution in [0.1, 0.15) is 19.3 Å². The Morgan fingerprint density at radius 3 is 2.59 bits per heavy atom. The molecule has 34 heavy (non-hydrogen) atoms. The summed E-state index contributed by atoms with van der Waals surface area (Å²) in [6.07, 6.45) is 2.86. The quantitative estimate of drug-likeness (QED) is 0.244. The Bertz CT molecular complexity index is 1380. The SMILES string of the molecule is O=S(=O)(c1cccc(-c2nnc(SCCOc3ccc4ccccc4c3)o2)c1)N1CCCCC1. The lowest BCUT2D eigenvalue weighted by Gasteiger charge is -2.25. The minimum atomic E-state index is -3.52. The number of sulfonamides is 1. The summed E-state index contributed by atoms with van der Waals surface area (Å²) >= 11 is 1.40. The highest BCUT2D eigenvalue weighted by Crippen LogP contribution is 2.27. The number of benzene rings is 3. The lowest BCUT2D eigenvalue weighted by atomic mass is 10.1. The number of piperidine rings is 1. The van der Waals surface area contributed by atoms with E-state index in [2.05, 4.69) is 22.3 Å². The van der Waals surface area contributed by atoms with Crippen LogP contribution in [-0.2, 0) is 10.0 Å². The van der Waals surface area contributed by atoms with Gasteiger partial charge in [0.1, 0.15) is 5.75 Å². The average molecular weight is 496 g/mol. The Kier molecular flexibility index (Phi) is 6.85. The smallest absolute Gasteiger partial charge is 0.276 e. The molecule has 1 saturated heterocycles. The van der Waals surface area contributed by atoms with Crippen LogP contribution in [0.5, 0.6) is 5.75 Å². The van der Waals surface area contributed by atoms with Gasteiger partial charge in [-0.2, -0.15) is 4.31 Å². The zero-order valence-corrected chi connectivity index (χ0v) is 20.2. The van der Waals surface area contributed by atoms with Gasteiger partial charge in [0.25, 0.3) is 5.22 Å². The molecule has 4 aromatic rings. The summed E-state index contributed by atoms with van der Waals surface area (Å²) in [5.74, 6) is 1.75. The van der Waals surface area contributed by atoms with Crippen molar-refractivity contribution in [2.75, 3.05) is 25.4 Å². The third kappa shape index (κ3) is 5.11. The molecule has 176 valence electrons. The molecule has 0 amide bonds. The number of thioether (sulfide) groups is 1. The van der Waals surface area contributed by atoms with Crippen molar-refractivity contribution in [2.24, 2.45) is 0 Å². The van der Waals surface area contributed by atoms with Crippen molar-refractivity contribution in [2.45, 2.75) is 29.4 Å². The molecule has 2 heterocycles. The van der Waals surface area contributed by atoms with Gasteiger partial charge in [-0.3, -0.25) is 0 Å². The van der Waals surface area contributed by atoms with Crippen molar-refractivity contribution in [3.8, 4) is 17.2 Å². The first-order valence-corrected chi connectivity index (χ1v) is 13.7. The summed E-state index contributed by atoms with van der Waals surface area (Å²) in [5, 5.41) is 10.9. The molecule has 0 radical (unpaired) electrons. The lowest BCUT2D eigenvalue weighted by molar-refractivity contribution is 0.343. The second-order valence-corrected chi connectivity index (χ2v) is 11.1. The van der Waals surface area contributed by atoms with E-state index in [1.807, 2.05) is 30.3 Å². The third-order valence-corrected chi connectivity index (χ3v) is 8.42. The molecule has 0 atom stereocenters. The molecule has 1 aliphatic heterocycles. The molecule has 1 aliphatic rings. The van der Waals surface area contributed by atoms with Crippen LogP contribution in [0.15, 0.2) is 81.3 Å². The molecular formula is C25H25N3O4S2. The standard InChI is InChI=1S/C25H25N3O4S2/c29-34(30,28-13-4-1-5-14-28)23-10-6-9-21(18-23)24-26-27-25(32-24)33-16-15-31-22-12-11-19-7-2-3-8-20(19)17-22/h2-3,6-12,17-18H,1,4-5,13-16H2. The number of hydrogen-bond acceptors (Lipinski definition) is 7. The minimum Gasteiger partial charge on any atom is -0.493 e. The van der Waals surface area contributed by atoms with E-state index in [0.717, 1.165) is 30.4 Å². The van der Waals surface area contributed by atoms with Crippen molar-refractivity contribution in [1.82, 2.24) is 14.5 Å². The van der Waals surface area contributed by atoms with Gasteiger partial charge < -0.3 is 9.15 Å². The molecule has 3 aromatic carbocycles. The molecule has 1 aromatic heterocycles. The van der Waals surface area contributed by atoms with Gasteiger partial charge in [-0.15, -0.1) is 10.2 Å². The highest BCUT2D eigenvalue weighted by molar-refractivity contribution is 7.99. The number of aromatic nitrogens is 2. The van der Waals surface area contributed by atoms with E-state index >= 15 is 0 Å². The van der Waals surface area contributed by atoms with Crippen LogP contribution in [0.3, 0.4) is 0 Å². The molecule has 0 N–H and O–H groups in total. The maximum atomic E-state index is 13.0. The predicted molar refractivity (Wildman–Crippen MR) is 133 cm³/mol. The second-order valence-electron chi connectivity index (χ2n) is 8.07. The van der Waals surface area contributed by atoms with Crippen molar-refractivity contribution in [3.63, 3.8) is 0 Å². The molecule has 0 aliphatic carbocycles. The summed E-state index contributed by atoms with van der Waals surface area (Å²) < 4.78 is 39.1. The summed E-state index contributed by atoms with van der Waals surface area (Å²) in [6.45, 7) is 1.62. The highest BCUT2D eigenvalue weighted by atomic mass is 32.2. The Morgan fingerprint density at radius 1 is 0.912 bits per heavy atom. The normalized spacial score (nSPS) is 14.9. The van der Waals surface area contributed by atoms with E-state index in [9.17, 15) is 8.42 Å². The van der Waals surface area contributed by atoms with Crippen molar-refractivity contribution in [1.29, 1.82) is 0 Å². The van der Waals surface area contributed by atoms with E-state index in [0.29, 0.717) is 42.1 Å². The molecule has 0 saturated carbocycles. The Balaban J connectivity index is 1.19. The molecule has 9 heteroatoms. The molecule has 7 nitrogen and oxygen atoms in total. The van der Waals surface area contributed by atoms with Gasteiger partial charge in [0.2, 0.25) is 15.9 Å². The Morgan fingerprint density at radius 2 is 1.74 bits per heavy atom. The summed E-state index contributed by atoms with van der Waals surface area (Å²) in [4.78, 5) is 0.253.